The molecule has 2 N–H and O–H groups in total. The molecule has 2 heterocycles. The molecule has 0 aliphatic heterocycles. The van der Waals surface area contributed by atoms with Crippen molar-refractivity contribution in [2.45, 2.75) is 6.54 Å². The molecule has 3 rings (SSSR count). The van der Waals surface area contributed by atoms with Gasteiger partial charge in [-0.15, -0.1) is 0 Å². The molecule has 0 amide bonds. The Morgan fingerprint density at radius 2 is 1.87 bits per heavy atom. The van der Waals surface area contributed by atoms with Crippen molar-refractivity contribution in [3.8, 4) is 11.1 Å². The lowest BCUT2D eigenvalue weighted by atomic mass is 10.1. The van der Waals surface area contributed by atoms with Gasteiger partial charge in [0.05, 0.1) is 0 Å². The molecule has 0 atom stereocenters. The Morgan fingerprint density at radius 3 is 2.57 bits per heavy atom. The number of anilines is 2. The van der Waals surface area contributed by atoms with Gasteiger partial charge in [0.1, 0.15) is 12.0 Å². The number of nitrogens with one attached hydrogen (secondary N) is 2. The van der Waals surface area contributed by atoms with Gasteiger partial charge in [-0.3, -0.25) is 4.98 Å². The van der Waals surface area contributed by atoms with Crippen molar-refractivity contribution >= 4 is 23.1 Å². The minimum Gasteiger partial charge on any atom is -0.383 e. The second-order valence-corrected chi connectivity index (χ2v) is 5.29. The summed E-state index contributed by atoms with van der Waals surface area (Å²) < 4.78 is 0. The molecule has 0 aliphatic carbocycles. The van der Waals surface area contributed by atoms with E-state index >= 15 is 0 Å². The van der Waals surface area contributed by atoms with Gasteiger partial charge in [-0.1, -0.05) is 41.9 Å². The van der Waals surface area contributed by atoms with Crippen LogP contribution in [0.1, 0.15) is 5.56 Å². The van der Waals surface area contributed by atoms with Crippen LogP contribution in [0.25, 0.3) is 11.1 Å². The van der Waals surface area contributed by atoms with Gasteiger partial charge in [-0.2, -0.15) is 0 Å². The van der Waals surface area contributed by atoms with Gasteiger partial charge in [0, 0.05) is 26.0 Å². The number of hydrogen-bond donors (Lipinski definition) is 2. The van der Waals surface area contributed by atoms with Gasteiger partial charge < -0.3 is 10.6 Å². The smallest absolute Gasteiger partial charge is 0.157 e. The van der Waals surface area contributed by atoms with Crippen molar-refractivity contribution in [1.82, 2.24) is 15.0 Å². The van der Waals surface area contributed by atoms with Crippen LogP contribution >= 0.6 is 11.6 Å². The molecule has 0 fully saturated rings. The first-order chi connectivity index (χ1) is 11.3. The Kier molecular flexibility index (Phi) is 4.68. The highest BCUT2D eigenvalue weighted by atomic mass is 35.5. The van der Waals surface area contributed by atoms with E-state index in [9.17, 15) is 0 Å². The number of benzene rings is 1. The van der Waals surface area contributed by atoms with Crippen molar-refractivity contribution in [3.05, 3.63) is 65.8 Å². The highest BCUT2D eigenvalue weighted by Gasteiger charge is 2.07. The summed E-state index contributed by atoms with van der Waals surface area (Å²) in [6, 6.07) is 12.3. The van der Waals surface area contributed by atoms with Crippen LogP contribution in [0, 0.1) is 0 Å². The van der Waals surface area contributed by atoms with Crippen molar-refractivity contribution in [2.75, 3.05) is 17.7 Å². The third-order valence-corrected chi connectivity index (χ3v) is 3.75. The van der Waals surface area contributed by atoms with Gasteiger partial charge in [0.25, 0.3) is 0 Å². The van der Waals surface area contributed by atoms with Crippen LogP contribution in [0.5, 0.6) is 0 Å². The largest absolute Gasteiger partial charge is 0.383 e. The van der Waals surface area contributed by atoms with Gasteiger partial charge >= 0.3 is 0 Å². The van der Waals surface area contributed by atoms with Crippen LogP contribution in [0.4, 0.5) is 11.5 Å². The second kappa shape index (κ2) is 7.07. The maximum absolute atomic E-state index is 6.04. The van der Waals surface area contributed by atoms with E-state index in [1.807, 2.05) is 18.3 Å². The average molecular weight is 326 g/mol. The van der Waals surface area contributed by atoms with E-state index in [-0.39, 0.29) is 0 Å². The van der Waals surface area contributed by atoms with E-state index in [1.54, 1.807) is 13.2 Å². The van der Waals surface area contributed by atoms with Crippen LogP contribution in [0.3, 0.4) is 0 Å². The molecule has 116 valence electrons. The van der Waals surface area contributed by atoms with E-state index in [1.165, 1.54) is 6.33 Å². The van der Waals surface area contributed by atoms with E-state index in [4.69, 9.17) is 11.6 Å². The normalized spacial score (nSPS) is 10.3. The van der Waals surface area contributed by atoms with Crippen LogP contribution in [-0.2, 0) is 6.54 Å². The summed E-state index contributed by atoms with van der Waals surface area (Å²) in [5, 5.41) is 6.67. The fourth-order valence-corrected chi connectivity index (χ4v) is 2.48. The molecule has 0 radical (unpaired) electrons. The number of nitrogens with zero attached hydrogens (tertiary/aromatic N) is 3. The summed E-state index contributed by atoms with van der Waals surface area (Å²) in [7, 11) is 1.79. The van der Waals surface area contributed by atoms with E-state index in [2.05, 4.69) is 49.9 Å². The highest BCUT2D eigenvalue weighted by molar-refractivity contribution is 6.32. The number of hydrogen-bond acceptors (Lipinski definition) is 5. The number of halogens is 1. The Balaban J connectivity index is 1.71. The second-order valence-electron chi connectivity index (χ2n) is 4.93. The molecule has 0 unspecified atom stereocenters. The zero-order valence-corrected chi connectivity index (χ0v) is 13.4. The summed E-state index contributed by atoms with van der Waals surface area (Å²) in [6.45, 7) is 0.648. The highest BCUT2D eigenvalue weighted by Crippen LogP contribution is 2.26. The predicted molar refractivity (Wildman–Crippen MR) is 93.6 cm³/mol. The third kappa shape index (κ3) is 3.57. The fraction of sp³-hybridized carbons (Fsp3) is 0.118. The monoisotopic (exact) mass is 325 g/mol. The van der Waals surface area contributed by atoms with Crippen LogP contribution in [0.15, 0.2) is 55.1 Å². The quantitative estimate of drug-likeness (QED) is 0.698. The maximum atomic E-state index is 6.04. The SMILES string of the molecule is CNc1c(Cl)ncnc1NCc1ccc(-c2cccnc2)cc1. The summed E-state index contributed by atoms with van der Waals surface area (Å²) in [5.41, 5.74) is 4.09. The molecular formula is C17H16ClN5. The Hall–Kier alpha value is -2.66. The third-order valence-electron chi connectivity index (χ3n) is 3.46. The molecule has 1 aromatic carbocycles. The number of pyridine rings is 1. The summed E-state index contributed by atoms with van der Waals surface area (Å²) in [5.74, 6) is 0.684. The molecule has 0 saturated heterocycles. The van der Waals surface area contributed by atoms with Crippen LogP contribution in [0.2, 0.25) is 5.15 Å². The molecule has 0 spiro atoms. The average Bonchev–Trinajstić information content (AvgIpc) is 2.61. The standard InChI is InChI=1S/C17H16ClN5/c1-19-15-16(18)22-11-23-17(15)21-9-12-4-6-13(7-5-12)14-3-2-8-20-10-14/h2-8,10-11,19H,9H2,1H3,(H,21,22,23). The van der Waals surface area contributed by atoms with E-state index < -0.39 is 0 Å². The number of aromatic nitrogens is 3. The molecule has 6 heteroatoms. The van der Waals surface area contributed by atoms with Gasteiger partial charge in [-0.25, -0.2) is 9.97 Å². The molecule has 3 aromatic rings. The molecular weight excluding hydrogens is 310 g/mol. The molecule has 23 heavy (non-hydrogen) atoms. The Bertz CT molecular complexity index is 775. The summed E-state index contributed by atoms with van der Waals surface area (Å²) >= 11 is 6.04. The van der Waals surface area contributed by atoms with Gasteiger partial charge in [0.2, 0.25) is 0 Å². The first-order valence-electron chi connectivity index (χ1n) is 7.19. The first-order valence-corrected chi connectivity index (χ1v) is 7.57. The topological polar surface area (TPSA) is 62.7 Å². The minimum absolute atomic E-state index is 0.400. The fourth-order valence-electron chi connectivity index (χ4n) is 2.25. The minimum atomic E-state index is 0.400. The summed E-state index contributed by atoms with van der Waals surface area (Å²) in [6.07, 6.45) is 5.07. The van der Waals surface area contributed by atoms with Crippen molar-refractivity contribution < 1.29 is 0 Å². The lowest BCUT2D eigenvalue weighted by Crippen LogP contribution is -2.05. The summed E-state index contributed by atoms with van der Waals surface area (Å²) in [4.78, 5) is 12.3. The zero-order valence-electron chi connectivity index (χ0n) is 12.6. The maximum Gasteiger partial charge on any atom is 0.157 e. The predicted octanol–water partition coefficient (Wildman–Crippen LogP) is 3.85. The molecule has 0 aliphatic rings. The van der Waals surface area contributed by atoms with Crippen LogP contribution in [-0.4, -0.2) is 22.0 Å². The Morgan fingerprint density at radius 1 is 1.04 bits per heavy atom. The van der Waals surface area contributed by atoms with Crippen molar-refractivity contribution in [3.63, 3.8) is 0 Å². The van der Waals surface area contributed by atoms with Crippen LogP contribution < -0.4 is 10.6 Å². The molecule has 0 bridgehead atoms. The Labute approximate surface area is 139 Å². The molecule has 5 nitrogen and oxygen atoms in total. The van der Waals surface area contributed by atoms with E-state index in [0.29, 0.717) is 23.2 Å². The zero-order chi connectivity index (χ0) is 16.1. The molecule has 0 saturated carbocycles. The molecule has 2 aromatic heterocycles. The van der Waals surface area contributed by atoms with Gasteiger partial charge in [0.15, 0.2) is 11.0 Å². The van der Waals surface area contributed by atoms with E-state index in [0.717, 1.165) is 16.7 Å². The van der Waals surface area contributed by atoms with Crippen molar-refractivity contribution in [1.29, 1.82) is 0 Å². The van der Waals surface area contributed by atoms with Gasteiger partial charge in [-0.05, 0) is 22.8 Å². The first kappa shape index (κ1) is 15.2. The number of rotatable bonds is 5. The van der Waals surface area contributed by atoms with Crippen molar-refractivity contribution in [2.24, 2.45) is 0 Å². The lowest BCUT2D eigenvalue weighted by molar-refractivity contribution is 1.08. The lowest BCUT2D eigenvalue weighted by Gasteiger charge is -2.11.